The number of benzene rings is 1. The molecular formula is C16H15ClF2N4O. The third-order valence-corrected chi connectivity index (χ3v) is 3.97. The van der Waals surface area contributed by atoms with Crippen LogP contribution in [0.1, 0.15) is 26.3 Å². The van der Waals surface area contributed by atoms with E-state index in [-0.39, 0.29) is 22.7 Å². The molecule has 0 N–H and O–H groups in total. The highest BCUT2D eigenvalue weighted by Gasteiger charge is 2.20. The van der Waals surface area contributed by atoms with E-state index in [0.29, 0.717) is 16.6 Å². The molecule has 0 bridgehead atoms. The van der Waals surface area contributed by atoms with Crippen LogP contribution in [0.2, 0.25) is 5.02 Å². The summed E-state index contributed by atoms with van der Waals surface area (Å²) in [6.45, 7) is 5.84. The summed E-state index contributed by atoms with van der Waals surface area (Å²) >= 11 is 5.93. The standard InChI is InChI=1S/C16H15ClF2N4O/c1-16(2,3)23-14-10(6-21-23)15(24)22(8-20-14)7-9-4-12(18)13(19)5-11(9)17/h4-6,8H,7H2,1-3H3. The van der Waals surface area contributed by atoms with E-state index in [1.165, 1.54) is 17.1 Å². The summed E-state index contributed by atoms with van der Waals surface area (Å²) in [6.07, 6.45) is 2.81. The Morgan fingerprint density at radius 3 is 2.54 bits per heavy atom. The molecule has 3 rings (SSSR count). The fourth-order valence-electron chi connectivity index (χ4n) is 2.42. The zero-order valence-electron chi connectivity index (χ0n) is 13.3. The second-order valence-corrected chi connectivity index (χ2v) is 6.91. The van der Waals surface area contributed by atoms with E-state index in [1.807, 2.05) is 20.8 Å². The van der Waals surface area contributed by atoms with Gasteiger partial charge in [0.1, 0.15) is 11.7 Å². The van der Waals surface area contributed by atoms with Crippen molar-refractivity contribution in [3.05, 3.63) is 57.2 Å². The van der Waals surface area contributed by atoms with Gasteiger partial charge < -0.3 is 0 Å². The van der Waals surface area contributed by atoms with Crippen molar-refractivity contribution in [3.8, 4) is 0 Å². The van der Waals surface area contributed by atoms with Gasteiger partial charge >= 0.3 is 0 Å². The number of fused-ring (bicyclic) bond motifs is 1. The summed E-state index contributed by atoms with van der Waals surface area (Å²) in [5.41, 5.74) is 0.120. The van der Waals surface area contributed by atoms with Crippen molar-refractivity contribution < 1.29 is 8.78 Å². The van der Waals surface area contributed by atoms with Crippen LogP contribution in [0.15, 0.2) is 29.5 Å². The normalized spacial score (nSPS) is 12.1. The minimum Gasteiger partial charge on any atom is -0.294 e. The Labute approximate surface area is 141 Å². The summed E-state index contributed by atoms with van der Waals surface area (Å²) in [4.78, 5) is 16.9. The number of halogens is 3. The highest BCUT2D eigenvalue weighted by atomic mass is 35.5. The van der Waals surface area contributed by atoms with Crippen molar-refractivity contribution in [1.82, 2.24) is 19.3 Å². The molecule has 2 heterocycles. The summed E-state index contributed by atoms with van der Waals surface area (Å²) in [5, 5.41) is 4.62. The summed E-state index contributed by atoms with van der Waals surface area (Å²) in [6, 6.07) is 1.87. The number of hydrogen-bond acceptors (Lipinski definition) is 3. The van der Waals surface area contributed by atoms with Gasteiger partial charge in [-0.1, -0.05) is 11.6 Å². The van der Waals surface area contributed by atoms with Gasteiger partial charge in [0.25, 0.3) is 5.56 Å². The monoisotopic (exact) mass is 352 g/mol. The Bertz CT molecular complexity index is 988. The lowest BCUT2D eigenvalue weighted by Crippen LogP contribution is -2.25. The SMILES string of the molecule is CC(C)(C)n1ncc2c(=O)n(Cc3cc(F)c(F)cc3Cl)cnc21. The van der Waals surface area contributed by atoms with Crippen molar-refractivity contribution >= 4 is 22.6 Å². The molecule has 0 unspecified atom stereocenters. The lowest BCUT2D eigenvalue weighted by atomic mass is 10.1. The topological polar surface area (TPSA) is 52.7 Å². The fraction of sp³-hybridized carbons (Fsp3) is 0.312. The third kappa shape index (κ3) is 2.80. The molecule has 5 nitrogen and oxygen atoms in total. The molecule has 126 valence electrons. The van der Waals surface area contributed by atoms with E-state index >= 15 is 0 Å². The van der Waals surface area contributed by atoms with Crippen LogP contribution in [0, 0.1) is 11.6 Å². The van der Waals surface area contributed by atoms with Crippen molar-refractivity contribution in [2.45, 2.75) is 32.9 Å². The molecule has 0 aliphatic rings. The van der Waals surface area contributed by atoms with Gasteiger partial charge in [0.05, 0.1) is 18.3 Å². The molecule has 0 aliphatic heterocycles. The molecule has 0 saturated carbocycles. The van der Waals surface area contributed by atoms with Gasteiger partial charge in [0, 0.05) is 5.02 Å². The number of hydrogen-bond donors (Lipinski definition) is 0. The van der Waals surface area contributed by atoms with Crippen LogP contribution in [-0.2, 0) is 12.1 Å². The van der Waals surface area contributed by atoms with Gasteiger partial charge in [-0.15, -0.1) is 0 Å². The maximum Gasteiger partial charge on any atom is 0.264 e. The van der Waals surface area contributed by atoms with Crippen LogP contribution in [0.25, 0.3) is 11.0 Å². The molecule has 0 amide bonds. The van der Waals surface area contributed by atoms with Gasteiger partial charge in [-0.25, -0.2) is 18.4 Å². The third-order valence-electron chi connectivity index (χ3n) is 3.62. The summed E-state index contributed by atoms with van der Waals surface area (Å²) in [7, 11) is 0. The van der Waals surface area contributed by atoms with E-state index < -0.39 is 11.6 Å². The Morgan fingerprint density at radius 2 is 1.88 bits per heavy atom. The Kier molecular flexibility index (Phi) is 3.91. The highest BCUT2D eigenvalue weighted by molar-refractivity contribution is 6.31. The number of nitrogens with zero attached hydrogens (tertiary/aromatic N) is 4. The minimum atomic E-state index is -1.03. The quantitative estimate of drug-likeness (QED) is 0.665. The van der Waals surface area contributed by atoms with Gasteiger partial charge in [-0.2, -0.15) is 5.10 Å². The van der Waals surface area contributed by atoms with Gasteiger partial charge in [-0.05, 0) is 38.5 Å². The first-order chi connectivity index (χ1) is 11.2. The summed E-state index contributed by atoms with van der Waals surface area (Å²) < 4.78 is 29.5. The van der Waals surface area contributed by atoms with Crippen molar-refractivity contribution in [1.29, 1.82) is 0 Å². The van der Waals surface area contributed by atoms with Gasteiger partial charge in [0.15, 0.2) is 17.3 Å². The number of rotatable bonds is 2. The molecule has 0 saturated heterocycles. The Balaban J connectivity index is 2.08. The van der Waals surface area contributed by atoms with Crippen LogP contribution in [0.3, 0.4) is 0 Å². The van der Waals surface area contributed by atoms with Crippen LogP contribution >= 0.6 is 11.6 Å². The molecule has 3 aromatic rings. The molecule has 0 aliphatic carbocycles. The first-order valence-corrected chi connectivity index (χ1v) is 7.63. The highest BCUT2D eigenvalue weighted by Crippen LogP contribution is 2.21. The van der Waals surface area contributed by atoms with Crippen LogP contribution in [0.5, 0.6) is 0 Å². The molecule has 8 heteroatoms. The molecule has 2 aromatic heterocycles. The molecule has 1 aromatic carbocycles. The summed E-state index contributed by atoms with van der Waals surface area (Å²) in [5.74, 6) is -2.05. The molecular weight excluding hydrogens is 338 g/mol. The predicted molar refractivity (Wildman–Crippen MR) is 87.3 cm³/mol. The first-order valence-electron chi connectivity index (χ1n) is 7.25. The van der Waals surface area contributed by atoms with Crippen molar-refractivity contribution in [2.75, 3.05) is 0 Å². The average molecular weight is 353 g/mol. The fourth-order valence-corrected chi connectivity index (χ4v) is 2.63. The molecule has 0 fully saturated rings. The van der Waals surface area contributed by atoms with Gasteiger partial charge in [0.2, 0.25) is 0 Å². The number of aromatic nitrogens is 4. The van der Waals surface area contributed by atoms with Crippen LogP contribution in [0.4, 0.5) is 8.78 Å². The zero-order valence-corrected chi connectivity index (χ0v) is 14.1. The smallest absolute Gasteiger partial charge is 0.264 e. The van der Waals surface area contributed by atoms with Crippen molar-refractivity contribution in [2.24, 2.45) is 0 Å². The van der Waals surface area contributed by atoms with E-state index in [9.17, 15) is 13.6 Å². The molecule has 0 spiro atoms. The minimum absolute atomic E-state index is 0.0154. The largest absolute Gasteiger partial charge is 0.294 e. The van der Waals surface area contributed by atoms with E-state index in [4.69, 9.17) is 11.6 Å². The molecule has 0 radical (unpaired) electrons. The van der Waals surface area contributed by atoms with E-state index in [1.54, 1.807) is 4.68 Å². The maximum atomic E-state index is 13.4. The second-order valence-electron chi connectivity index (χ2n) is 6.50. The Morgan fingerprint density at radius 1 is 1.21 bits per heavy atom. The van der Waals surface area contributed by atoms with Gasteiger partial charge in [-0.3, -0.25) is 9.36 Å². The first kappa shape index (κ1) is 16.6. The lowest BCUT2D eigenvalue weighted by molar-refractivity contribution is 0.365. The van der Waals surface area contributed by atoms with Crippen molar-refractivity contribution in [3.63, 3.8) is 0 Å². The Hall–Kier alpha value is -2.28. The van der Waals surface area contributed by atoms with E-state index in [2.05, 4.69) is 10.1 Å². The lowest BCUT2D eigenvalue weighted by Gasteiger charge is -2.19. The van der Waals surface area contributed by atoms with Crippen LogP contribution < -0.4 is 5.56 Å². The predicted octanol–water partition coefficient (Wildman–Crippen LogP) is 3.33. The molecule has 0 atom stereocenters. The maximum absolute atomic E-state index is 13.4. The van der Waals surface area contributed by atoms with Crippen LogP contribution in [-0.4, -0.2) is 19.3 Å². The van der Waals surface area contributed by atoms with E-state index in [0.717, 1.165) is 12.1 Å². The average Bonchev–Trinajstić information content (AvgIpc) is 2.92. The molecule has 24 heavy (non-hydrogen) atoms. The zero-order chi connectivity index (χ0) is 17.6. The second kappa shape index (κ2) is 5.66.